The fourth-order valence-electron chi connectivity index (χ4n) is 2.18. The lowest BCUT2D eigenvalue weighted by Gasteiger charge is -2.08. The predicted molar refractivity (Wildman–Crippen MR) is 93.4 cm³/mol. The second-order valence-corrected chi connectivity index (χ2v) is 5.57. The summed E-state index contributed by atoms with van der Waals surface area (Å²) in [6, 6.07) is 15.9. The van der Waals surface area contributed by atoms with Gasteiger partial charge in [0, 0.05) is 17.9 Å². The van der Waals surface area contributed by atoms with Gasteiger partial charge in [0.05, 0.1) is 6.42 Å². The Balaban J connectivity index is 1.84. The SMILES string of the molecule is CCCCNc1ccc(NC(=O)Cc2ccc(C)cc2)cc1. The minimum absolute atomic E-state index is 0.00976. The summed E-state index contributed by atoms with van der Waals surface area (Å²) in [7, 11) is 0. The highest BCUT2D eigenvalue weighted by molar-refractivity contribution is 5.92. The zero-order chi connectivity index (χ0) is 15.8. The van der Waals surface area contributed by atoms with E-state index in [2.05, 4.69) is 17.6 Å². The van der Waals surface area contributed by atoms with Crippen molar-refractivity contribution in [3.8, 4) is 0 Å². The largest absolute Gasteiger partial charge is 0.385 e. The number of unbranched alkanes of at least 4 members (excludes halogenated alkanes) is 1. The summed E-state index contributed by atoms with van der Waals surface area (Å²) in [6.45, 7) is 5.20. The van der Waals surface area contributed by atoms with Crippen molar-refractivity contribution < 1.29 is 4.79 Å². The zero-order valence-corrected chi connectivity index (χ0v) is 13.4. The number of nitrogens with one attached hydrogen (secondary N) is 2. The molecule has 0 spiro atoms. The average Bonchev–Trinajstić information content (AvgIpc) is 2.51. The normalized spacial score (nSPS) is 10.3. The van der Waals surface area contributed by atoms with E-state index in [4.69, 9.17) is 0 Å². The number of benzene rings is 2. The summed E-state index contributed by atoms with van der Waals surface area (Å²) in [5.41, 5.74) is 4.15. The van der Waals surface area contributed by atoms with Gasteiger partial charge in [-0.05, 0) is 43.2 Å². The molecule has 2 aromatic carbocycles. The first-order valence-corrected chi connectivity index (χ1v) is 7.86. The lowest BCUT2D eigenvalue weighted by molar-refractivity contribution is -0.115. The molecule has 0 heterocycles. The number of amides is 1. The van der Waals surface area contributed by atoms with Gasteiger partial charge < -0.3 is 10.6 Å². The molecule has 0 radical (unpaired) electrons. The van der Waals surface area contributed by atoms with Crippen LogP contribution in [0.1, 0.15) is 30.9 Å². The van der Waals surface area contributed by atoms with Gasteiger partial charge in [0.25, 0.3) is 0 Å². The van der Waals surface area contributed by atoms with Crippen LogP contribution in [0.25, 0.3) is 0 Å². The maximum Gasteiger partial charge on any atom is 0.228 e. The number of carbonyl (C=O) groups excluding carboxylic acids is 1. The molecule has 22 heavy (non-hydrogen) atoms. The molecule has 0 aliphatic rings. The maximum atomic E-state index is 12.0. The predicted octanol–water partition coefficient (Wildman–Crippen LogP) is 4.39. The van der Waals surface area contributed by atoms with Crippen LogP contribution in [-0.4, -0.2) is 12.5 Å². The number of anilines is 2. The second kappa shape index (κ2) is 8.23. The van der Waals surface area contributed by atoms with Crippen molar-refractivity contribution in [2.45, 2.75) is 33.1 Å². The fraction of sp³-hybridized carbons (Fsp3) is 0.316. The third kappa shape index (κ3) is 5.24. The van der Waals surface area contributed by atoms with E-state index in [1.165, 1.54) is 12.0 Å². The van der Waals surface area contributed by atoms with Crippen molar-refractivity contribution in [1.29, 1.82) is 0 Å². The third-order valence-electron chi connectivity index (χ3n) is 3.51. The van der Waals surface area contributed by atoms with Crippen LogP contribution >= 0.6 is 0 Å². The molecule has 0 saturated heterocycles. The first kappa shape index (κ1) is 16.1. The topological polar surface area (TPSA) is 41.1 Å². The van der Waals surface area contributed by atoms with Crippen LogP contribution in [0, 0.1) is 6.92 Å². The van der Waals surface area contributed by atoms with Gasteiger partial charge in [-0.15, -0.1) is 0 Å². The minimum Gasteiger partial charge on any atom is -0.385 e. The lowest BCUT2D eigenvalue weighted by Crippen LogP contribution is -2.14. The smallest absolute Gasteiger partial charge is 0.228 e. The minimum atomic E-state index is 0.00976. The summed E-state index contributed by atoms with van der Waals surface area (Å²) >= 11 is 0. The van der Waals surface area contributed by atoms with E-state index < -0.39 is 0 Å². The van der Waals surface area contributed by atoms with Crippen LogP contribution in [0.2, 0.25) is 0 Å². The Morgan fingerprint density at radius 2 is 1.59 bits per heavy atom. The standard InChI is InChI=1S/C19H24N2O/c1-3-4-13-20-17-9-11-18(12-10-17)21-19(22)14-16-7-5-15(2)6-8-16/h5-12,20H,3-4,13-14H2,1-2H3,(H,21,22). The molecule has 1 amide bonds. The summed E-state index contributed by atoms with van der Waals surface area (Å²) in [6.07, 6.45) is 2.74. The number of rotatable bonds is 7. The molecule has 0 aromatic heterocycles. The van der Waals surface area contributed by atoms with E-state index in [0.717, 1.165) is 29.9 Å². The monoisotopic (exact) mass is 296 g/mol. The van der Waals surface area contributed by atoms with Crippen LogP contribution in [-0.2, 0) is 11.2 Å². The van der Waals surface area contributed by atoms with Crippen molar-refractivity contribution in [2.75, 3.05) is 17.2 Å². The summed E-state index contributed by atoms with van der Waals surface area (Å²) < 4.78 is 0. The lowest BCUT2D eigenvalue weighted by atomic mass is 10.1. The highest BCUT2D eigenvalue weighted by Crippen LogP contribution is 2.14. The van der Waals surface area contributed by atoms with Gasteiger partial charge in [-0.2, -0.15) is 0 Å². The Morgan fingerprint density at radius 1 is 0.955 bits per heavy atom. The highest BCUT2D eigenvalue weighted by atomic mass is 16.1. The zero-order valence-electron chi connectivity index (χ0n) is 13.4. The Morgan fingerprint density at radius 3 is 2.23 bits per heavy atom. The Hall–Kier alpha value is -2.29. The Labute approximate surface area is 132 Å². The van der Waals surface area contributed by atoms with Crippen molar-refractivity contribution in [2.24, 2.45) is 0 Å². The second-order valence-electron chi connectivity index (χ2n) is 5.57. The number of hydrogen-bond donors (Lipinski definition) is 2. The Kier molecular flexibility index (Phi) is 6.01. The summed E-state index contributed by atoms with van der Waals surface area (Å²) in [4.78, 5) is 12.0. The van der Waals surface area contributed by atoms with Crippen LogP contribution in [0.4, 0.5) is 11.4 Å². The van der Waals surface area contributed by atoms with Crippen molar-refractivity contribution >= 4 is 17.3 Å². The fourth-order valence-corrected chi connectivity index (χ4v) is 2.18. The Bertz CT molecular complexity index is 588. The van der Waals surface area contributed by atoms with Crippen molar-refractivity contribution in [3.63, 3.8) is 0 Å². The first-order valence-electron chi connectivity index (χ1n) is 7.86. The van der Waals surface area contributed by atoms with Crippen LogP contribution in [0.3, 0.4) is 0 Å². The van der Waals surface area contributed by atoms with E-state index in [1.807, 2.05) is 55.5 Å². The first-order chi connectivity index (χ1) is 10.7. The quantitative estimate of drug-likeness (QED) is 0.744. The molecule has 0 unspecified atom stereocenters. The highest BCUT2D eigenvalue weighted by Gasteiger charge is 2.04. The molecule has 3 heteroatoms. The van der Waals surface area contributed by atoms with Gasteiger partial charge in [-0.1, -0.05) is 43.2 Å². The number of aryl methyl sites for hydroxylation is 1. The molecule has 3 nitrogen and oxygen atoms in total. The van der Waals surface area contributed by atoms with Gasteiger partial charge in [-0.3, -0.25) is 4.79 Å². The van der Waals surface area contributed by atoms with Crippen molar-refractivity contribution in [1.82, 2.24) is 0 Å². The van der Waals surface area contributed by atoms with Crippen molar-refractivity contribution in [3.05, 3.63) is 59.7 Å². The van der Waals surface area contributed by atoms with Crippen LogP contribution in [0.15, 0.2) is 48.5 Å². The van der Waals surface area contributed by atoms with E-state index in [1.54, 1.807) is 0 Å². The maximum absolute atomic E-state index is 12.0. The molecule has 2 aromatic rings. The van der Waals surface area contributed by atoms with Crippen LogP contribution < -0.4 is 10.6 Å². The molecule has 0 aliphatic heterocycles. The molecule has 0 fully saturated rings. The summed E-state index contributed by atoms with van der Waals surface area (Å²) in [5, 5.41) is 6.29. The van der Waals surface area contributed by atoms with Gasteiger partial charge in [-0.25, -0.2) is 0 Å². The molecule has 0 bridgehead atoms. The third-order valence-corrected chi connectivity index (χ3v) is 3.51. The molecule has 0 atom stereocenters. The van der Waals surface area contributed by atoms with Gasteiger partial charge in [0.1, 0.15) is 0 Å². The van der Waals surface area contributed by atoms with E-state index >= 15 is 0 Å². The van der Waals surface area contributed by atoms with Gasteiger partial charge >= 0.3 is 0 Å². The molecular weight excluding hydrogens is 272 g/mol. The molecule has 116 valence electrons. The molecular formula is C19H24N2O. The van der Waals surface area contributed by atoms with Gasteiger partial charge in [0.15, 0.2) is 0 Å². The van der Waals surface area contributed by atoms with E-state index in [-0.39, 0.29) is 5.91 Å². The van der Waals surface area contributed by atoms with E-state index in [9.17, 15) is 4.79 Å². The van der Waals surface area contributed by atoms with Gasteiger partial charge in [0.2, 0.25) is 5.91 Å². The average molecular weight is 296 g/mol. The molecule has 0 saturated carbocycles. The molecule has 2 N–H and O–H groups in total. The number of hydrogen-bond acceptors (Lipinski definition) is 2. The number of carbonyl (C=O) groups is 1. The van der Waals surface area contributed by atoms with Crippen LogP contribution in [0.5, 0.6) is 0 Å². The molecule has 0 aliphatic carbocycles. The molecule has 2 rings (SSSR count). The van der Waals surface area contributed by atoms with E-state index in [0.29, 0.717) is 6.42 Å². The summed E-state index contributed by atoms with van der Waals surface area (Å²) in [5.74, 6) is 0.00976.